The molecule has 0 aromatic heterocycles. The van der Waals surface area contributed by atoms with Gasteiger partial charge in [-0.05, 0) is 0 Å². The first-order valence-electron chi connectivity index (χ1n) is 3.84. The number of nitrogens with one attached hydrogen (secondary N) is 1. The number of hydrazine groups is 1. The van der Waals surface area contributed by atoms with Crippen LogP contribution >= 0.6 is 0 Å². The zero-order chi connectivity index (χ0) is 8.53. The molecule has 0 aliphatic rings. The molecule has 0 saturated heterocycles. The molecule has 0 aromatic rings. The lowest BCUT2D eigenvalue weighted by Crippen LogP contribution is -2.44. The summed E-state index contributed by atoms with van der Waals surface area (Å²) >= 11 is 0. The molecule has 0 spiro atoms. The second kappa shape index (κ2) is 7.90. The minimum absolute atomic E-state index is 0.136. The number of hydrogen-bond donors (Lipinski definition) is 4. The van der Waals surface area contributed by atoms with Crippen LogP contribution in [0.3, 0.4) is 0 Å². The largest absolute Gasteiger partial charge is 0.395 e. The minimum Gasteiger partial charge on any atom is -0.395 e. The zero-order valence-electron chi connectivity index (χ0n) is 6.79. The Balaban J connectivity index is 3.34. The van der Waals surface area contributed by atoms with E-state index < -0.39 is 0 Å². The number of aliphatic hydroxyl groups excluding tert-OH is 1. The van der Waals surface area contributed by atoms with Crippen molar-refractivity contribution in [3.8, 4) is 0 Å². The van der Waals surface area contributed by atoms with Crippen molar-refractivity contribution in [2.75, 3.05) is 39.3 Å². The van der Waals surface area contributed by atoms with Gasteiger partial charge < -0.3 is 16.6 Å². The summed E-state index contributed by atoms with van der Waals surface area (Å²) in [6.45, 7) is 3.36. The van der Waals surface area contributed by atoms with Gasteiger partial charge in [0, 0.05) is 32.7 Å². The Kier molecular flexibility index (Phi) is 7.76. The van der Waals surface area contributed by atoms with Crippen LogP contribution in [0.5, 0.6) is 0 Å². The maximum atomic E-state index is 8.61. The maximum absolute atomic E-state index is 8.61. The fraction of sp³-hybridized carbons (Fsp3) is 1.00. The smallest absolute Gasteiger partial charge is 0.0572 e. The topological polar surface area (TPSA) is 87.5 Å². The molecule has 0 unspecified atom stereocenters. The van der Waals surface area contributed by atoms with Gasteiger partial charge in [0.1, 0.15) is 0 Å². The van der Waals surface area contributed by atoms with Gasteiger partial charge in [0.2, 0.25) is 0 Å². The Morgan fingerprint density at radius 1 is 1.18 bits per heavy atom. The summed E-state index contributed by atoms with van der Waals surface area (Å²) in [4.78, 5) is 0. The van der Waals surface area contributed by atoms with E-state index in [0.29, 0.717) is 19.6 Å². The van der Waals surface area contributed by atoms with Gasteiger partial charge in [-0.2, -0.15) is 0 Å². The SMILES string of the molecule is NCCNN(CCN)CCO. The summed E-state index contributed by atoms with van der Waals surface area (Å²) in [5.74, 6) is 0. The van der Waals surface area contributed by atoms with Crippen LogP contribution in [0.1, 0.15) is 0 Å². The fourth-order valence-corrected chi connectivity index (χ4v) is 0.769. The number of rotatable bonds is 7. The van der Waals surface area contributed by atoms with Crippen LogP contribution in [-0.2, 0) is 0 Å². The number of nitrogens with zero attached hydrogens (tertiary/aromatic N) is 1. The summed E-state index contributed by atoms with van der Waals surface area (Å²) in [6.07, 6.45) is 0. The molecule has 0 saturated carbocycles. The van der Waals surface area contributed by atoms with Gasteiger partial charge in [0.25, 0.3) is 0 Å². The third-order valence-corrected chi connectivity index (χ3v) is 1.25. The Hall–Kier alpha value is -0.200. The molecule has 0 aliphatic carbocycles. The monoisotopic (exact) mass is 162 g/mol. The molecule has 0 fully saturated rings. The van der Waals surface area contributed by atoms with Crippen LogP contribution in [0.15, 0.2) is 0 Å². The van der Waals surface area contributed by atoms with Crippen molar-refractivity contribution >= 4 is 0 Å². The van der Waals surface area contributed by atoms with E-state index in [9.17, 15) is 0 Å². The molecule has 0 radical (unpaired) electrons. The van der Waals surface area contributed by atoms with Crippen LogP contribution in [0.2, 0.25) is 0 Å². The maximum Gasteiger partial charge on any atom is 0.0572 e. The molecule has 0 heterocycles. The number of hydrogen-bond acceptors (Lipinski definition) is 5. The number of aliphatic hydroxyl groups is 1. The van der Waals surface area contributed by atoms with E-state index in [0.717, 1.165) is 13.1 Å². The number of nitrogens with two attached hydrogens (primary N) is 2. The van der Waals surface area contributed by atoms with Crippen molar-refractivity contribution in [2.45, 2.75) is 0 Å². The first-order chi connectivity index (χ1) is 5.35. The van der Waals surface area contributed by atoms with Crippen LogP contribution in [0.4, 0.5) is 0 Å². The Labute approximate surface area is 67.3 Å². The van der Waals surface area contributed by atoms with Crippen molar-refractivity contribution in [3.63, 3.8) is 0 Å². The highest BCUT2D eigenvalue weighted by Gasteiger charge is 1.99. The zero-order valence-corrected chi connectivity index (χ0v) is 6.79. The average molecular weight is 162 g/mol. The second-order valence-corrected chi connectivity index (χ2v) is 2.20. The molecular weight excluding hydrogens is 144 g/mol. The van der Waals surface area contributed by atoms with Gasteiger partial charge in [-0.1, -0.05) is 0 Å². The van der Waals surface area contributed by atoms with E-state index in [-0.39, 0.29) is 6.61 Å². The van der Waals surface area contributed by atoms with Crippen molar-refractivity contribution in [3.05, 3.63) is 0 Å². The third kappa shape index (κ3) is 6.21. The lowest BCUT2D eigenvalue weighted by Gasteiger charge is -2.20. The molecule has 11 heavy (non-hydrogen) atoms. The van der Waals surface area contributed by atoms with Crippen molar-refractivity contribution in [2.24, 2.45) is 11.5 Å². The van der Waals surface area contributed by atoms with Crippen LogP contribution in [0, 0.1) is 0 Å². The van der Waals surface area contributed by atoms with Gasteiger partial charge in [-0.25, -0.2) is 5.01 Å². The normalized spacial score (nSPS) is 10.9. The molecule has 0 rings (SSSR count). The van der Waals surface area contributed by atoms with E-state index in [1.165, 1.54) is 0 Å². The molecule has 6 N–H and O–H groups in total. The quantitative estimate of drug-likeness (QED) is 0.316. The highest BCUT2D eigenvalue weighted by Crippen LogP contribution is 1.77. The first kappa shape index (κ1) is 10.8. The van der Waals surface area contributed by atoms with Crippen LogP contribution in [0.25, 0.3) is 0 Å². The Morgan fingerprint density at radius 2 is 1.91 bits per heavy atom. The second-order valence-electron chi connectivity index (χ2n) is 2.20. The van der Waals surface area contributed by atoms with E-state index in [2.05, 4.69) is 5.43 Å². The summed E-state index contributed by atoms with van der Waals surface area (Å²) in [6, 6.07) is 0. The summed E-state index contributed by atoms with van der Waals surface area (Å²) < 4.78 is 0. The van der Waals surface area contributed by atoms with Gasteiger partial charge in [-0.3, -0.25) is 5.43 Å². The predicted molar refractivity (Wildman–Crippen MR) is 44.8 cm³/mol. The summed E-state index contributed by atoms with van der Waals surface area (Å²) in [5.41, 5.74) is 13.7. The van der Waals surface area contributed by atoms with Crippen molar-refractivity contribution in [1.29, 1.82) is 0 Å². The van der Waals surface area contributed by atoms with E-state index in [4.69, 9.17) is 16.6 Å². The summed E-state index contributed by atoms with van der Waals surface area (Å²) in [5, 5.41) is 10.5. The lowest BCUT2D eigenvalue weighted by molar-refractivity contribution is 0.148. The van der Waals surface area contributed by atoms with E-state index >= 15 is 0 Å². The fourth-order valence-electron chi connectivity index (χ4n) is 0.769. The van der Waals surface area contributed by atoms with Gasteiger partial charge >= 0.3 is 0 Å². The minimum atomic E-state index is 0.136. The lowest BCUT2D eigenvalue weighted by atomic mass is 10.5. The predicted octanol–water partition coefficient (Wildman–Crippen LogP) is -2.30. The molecule has 68 valence electrons. The molecule has 0 bridgehead atoms. The molecule has 0 amide bonds. The Bertz CT molecular complexity index is 75.0. The van der Waals surface area contributed by atoms with E-state index in [1.807, 2.05) is 5.01 Å². The first-order valence-corrected chi connectivity index (χ1v) is 3.84. The van der Waals surface area contributed by atoms with E-state index in [1.54, 1.807) is 0 Å². The van der Waals surface area contributed by atoms with Crippen LogP contribution < -0.4 is 16.9 Å². The van der Waals surface area contributed by atoms with Crippen molar-refractivity contribution < 1.29 is 5.11 Å². The highest BCUT2D eigenvalue weighted by atomic mass is 16.3. The highest BCUT2D eigenvalue weighted by molar-refractivity contribution is 4.52. The molecular formula is C6H18N4O. The molecule has 0 aliphatic heterocycles. The van der Waals surface area contributed by atoms with Gasteiger partial charge in [0.15, 0.2) is 0 Å². The average Bonchev–Trinajstić information content (AvgIpc) is 2.01. The molecule has 0 atom stereocenters. The van der Waals surface area contributed by atoms with Gasteiger partial charge in [0.05, 0.1) is 6.61 Å². The molecule has 5 heteroatoms. The third-order valence-electron chi connectivity index (χ3n) is 1.25. The molecule has 5 nitrogen and oxygen atoms in total. The van der Waals surface area contributed by atoms with Gasteiger partial charge in [-0.15, -0.1) is 0 Å². The van der Waals surface area contributed by atoms with Crippen LogP contribution in [-0.4, -0.2) is 49.4 Å². The van der Waals surface area contributed by atoms with Crippen molar-refractivity contribution in [1.82, 2.24) is 10.4 Å². The Morgan fingerprint density at radius 3 is 2.36 bits per heavy atom. The molecule has 0 aromatic carbocycles. The summed E-state index contributed by atoms with van der Waals surface area (Å²) in [7, 11) is 0. The standard InChI is InChI=1S/C6H18N4O/c7-1-3-9-10(4-2-8)5-6-11/h9,11H,1-8H2.